The van der Waals surface area contributed by atoms with Crippen molar-refractivity contribution >= 4 is 23.6 Å². The quantitative estimate of drug-likeness (QED) is 0.569. The number of aliphatic imine (C=N–C) groups is 1. The maximum atomic E-state index is 13.5. The average molecular weight is 477 g/mol. The first-order valence-electron chi connectivity index (χ1n) is 12.2. The lowest BCUT2D eigenvalue weighted by Gasteiger charge is -2.35. The molecule has 9 nitrogen and oxygen atoms in total. The molecule has 2 saturated heterocycles. The molecule has 0 bridgehead atoms. The number of aryl methyl sites for hydroxylation is 1. The van der Waals surface area contributed by atoms with Crippen LogP contribution in [-0.4, -0.2) is 76.6 Å². The molecule has 3 atom stereocenters. The Kier molecular flexibility index (Phi) is 6.42. The molecule has 9 heteroatoms. The fourth-order valence-electron chi connectivity index (χ4n) is 5.28. The summed E-state index contributed by atoms with van der Waals surface area (Å²) in [5.41, 5.74) is 3.13. The minimum Gasteiger partial charge on any atom is -0.496 e. The van der Waals surface area contributed by atoms with Gasteiger partial charge in [0, 0.05) is 56.6 Å². The van der Waals surface area contributed by atoms with E-state index in [1.54, 1.807) is 18.7 Å². The Hall–Kier alpha value is -3.46. The zero-order chi connectivity index (χ0) is 24.5. The number of rotatable bonds is 5. The van der Waals surface area contributed by atoms with Crippen LogP contribution in [0.4, 0.5) is 5.82 Å². The highest BCUT2D eigenvalue weighted by Gasteiger charge is 2.33. The van der Waals surface area contributed by atoms with Crippen molar-refractivity contribution in [1.29, 1.82) is 0 Å². The molecule has 3 aromatic rings. The number of aromatic nitrogens is 3. The van der Waals surface area contributed by atoms with Crippen molar-refractivity contribution in [3.05, 3.63) is 53.3 Å². The summed E-state index contributed by atoms with van der Waals surface area (Å²) in [5, 5.41) is 15.3. The molecule has 2 fully saturated rings. The first-order valence-corrected chi connectivity index (χ1v) is 12.2. The number of piperidine rings is 1. The summed E-state index contributed by atoms with van der Waals surface area (Å²) in [6.07, 6.45) is 6.18. The molecular formula is C26H32N6O3. The van der Waals surface area contributed by atoms with Gasteiger partial charge in [-0.3, -0.25) is 4.79 Å². The number of hydrogen-bond donors (Lipinski definition) is 1. The van der Waals surface area contributed by atoms with Crippen molar-refractivity contribution in [3.63, 3.8) is 0 Å². The minimum atomic E-state index is -0.464. The van der Waals surface area contributed by atoms with Gasteiger partial charge in [-0.1, -0.05) is 12.1 Å². The average Bonchev–Trinajstić information content (AvgIpc) is 3.46. The maximum Gasteiger partial charge on any atom is 0.258 e. The molecular weight excluding hydrogens is 444 g/mol. The molecule has 1 amide bonds. The van der Waals surface area contributed by atoms with Crippen LogP contribution in [0.15, 0.2) is 41.5 Å². The summed E-state index contributed by atoms with van der Waals surface area (Å²) in [5.74, 6) is 1.39. The molecule has 0 saturated carbocycles. The number of para-hydroxylation sites is 1. The number of likely N-dealkylation sites (tertiary alicyclic amines) is 1. The van der Waals surface area contributed by atoms with Crippen molar-refractivity contribution < 1.29 is 14.6 Å². The second-order valence-electron chi connectivity index (χ2n) is 9.37. The topological polar surface area (TPSA) is 95.6 Å². The Morgan fingerprint density at radius 3 is 2.89 bits per heavy atom. The first kappa shape index (κ1) is 23.3. The van der Waals surface area contributed by atoms with E-state index in [2.05, 4.69) is 9.89 Å². The number of hydrogen-bond acceptors (Lipinski definition) is 7. The monoisotopic (exact) mass is 476 g/mol. The number of β-amino-alcohol motifs (C(OH)–C–C–N with tert-alkyl or cyclic N) is 1. The summed E-state index contributed by atoms with van der Waals surface area (Å²) >= 11 is 0. The van der Waals surface area contributed by atoms with Gasteiger partial charge in [-0.25, -0.2) is 9.50 Å². The number of methoxy groups -OCH3 is 1. The number of amides is 1. The zero-order valence-electron chi connectivity index (χ0n) is 20.5. The Bertz CT molecular complexity index is 1260. The fraction of sp³-hybridized carbons (Fsp3) is 0.462. The molecule has 5 rings (SSSR count). The molecule has 0 radical (unpaired) electrons. The highest BCUT2D eigenvalue weighted by Crippen LogP contribution is 2.34. The van der Waals surface area contributed by atoms with Crippen molar-refractivity contribution in [2.24, 2.45) is 10.9 Å². The number of benzene rings is 1. The van der Waals surface area contributed by atoms with Crippen LogP contribution in [-0.2, 0) is 0 Å². The number of nitrogens with zero attached hydrogens (tertiary/aromatic N) is 6. The van der Waals surface area contributed by atoms with Crippen molar-refractivity contribution in [3.8, 4) is 5.75 Å². The lowest BCUT2D eigenvalue weighted by molar-refractivity contribution is 0.0602. The second kappa shape index (κ2) is 9.65. The predicted molar refractivity (Wildman–Crippen MR) is 134 cm³/mol. The van der Waals surface area contributed by atoms with E-state index in [-0.39, 0.29) is 17.9 Å². The highest BCUT2D eigenvalue weighted by atomic mass is 16.5. The smallest absolute Gasteiger partial charge is 0.258 e. The van der Waals surface area contributed by atoms with Crippen LogP contribution in [0.3, 0.4) is 0 Å². The van der Waals surface area contributed by atoms with E-state index >= 15 is 0 Å². The summed E-state index contributed by atoms with van der Waals surface area (Å²) in [6, 6.07) is 9.23. The predicted octanol–water partition coefficient (Wildman–Crippen LogP) is 2.91. The van der Waals surface area contributed by atoms with E-state index in [0.29, 0.717) is 30.9 Å². The molecule has 184 valence electrons. The Morgan fingerprint density at radius 2 is 2.09 bits per heavy atom. The zero-order valence-corrected chi connectivity index (χ0v) is 20.5. The molecule has 2 aliphatic heterocycles. The molecule has 1 N–H and O–H groups in total. The maximum absolute atomic E-state index is 13.5. The number of fused-ring (bicyclic) bond motifs is 1. The number of carbonyl (C=O) groups excluding carboxylic acids is 1. The highest BCUT2D eigenvalue weighted by molar-refractivity contribution is 5.97. The van der Waals surface area contributed by atoms with Gasteiger partial charge in [0.2, 0.25) is 0 Å². The lowest BCUT2D eigenvalue weighted by Crippen LogP contribution is -2.38. The van der Waals surface area contributed by atoms with Crippen molar-refractivity contribution in [1.82, 2.24) is 19.5 Å². The van der Waals surface area contributed by atoms with Gasteiger partial charge in [0.15, 0.2) is 5.65 Å². The van der Waals surface area contributed by atoms with E-state index in [1.165, 1.54) is 0 Å². The van der Waals surface area contributed by atoms with Crippen LogP contribution in [0.1, 0.15) is 46.9 Å². The van der Waals surface area contributed by atoms with Gasteiger partial charge in [-0.2, -0.15) is 5.10 Å². The van der Waals surface area contributed by atoms with Crippen LogP contribution < -0.4 is 9.64 Å². The summed E-state index contributed by atoms with van der Waals surface area (Å²) < 4.78 is 7.24. The molecule has 0 aliphatic carbocycles. The third kappa shape index (κ3) is 4.36. The Balaban J connectivity index is 1.45. The van der Waals surface area contributed by atoms with E-state index < -0.39 is 6.10 Å². The van der Waals surface area contributed by atoms with Gasteiger partial charge in [-0.15, -0.1) is 0 Å². The van der Waals surface area contributed by atoms with Crippen LogP contribution in [0, 0.1) is 12.8 Å². The van der Waals surface area contributed by atoms with E-state index in [0.717, 1.165) is 42.0 Å². The molecule has 2 aromatic heterocycles. The van der Waals surface area contributed by atoms with Crippen molar-refractivity contribution in [2.45, 2.75) is 38.3 Å². The largest absolute Gasteiger partial charge is 0.496 e. The molecule has 4 heterocycles. The van der Waals surface area contributed by atoms with Crippen LogP contribution >= 0.6 is 0 Å². The normalized spacial score (nSPS) is 22.9. The van der Waals surface area contributed by atoms with Gasteiger partial charge in [0.05, 0.1) is 30.5 Å². The van der Waals surface area contributed by atoms with E-state index in [4.69, 9.17) is 14.8 Å². The Labute approximate surface area is 205 Å². The number of anilines is 1. The summed E-state index contributed by atoms with van der Waals surface area (Å²) in [6.45, 7) is 3.88. The third-order valence-electron chi connectivity index (χ3n) is 7.04. The molecule has 2 aliphatic rings. The van der Waals surface area contributed by atoms with Gasteiger partial charge in [-0.05, 0) is 38.3 Å². The van der Waals surface area contributed by atoms with Gasteiger partial charge >= 0.3 is 0 Å². The van der Waals surface area contributed by atoms with Gasteiger partial charge < -0.3 is 24.6 Å². The SMILES string of the molecule is CN=C[C@@H]1CN(c2nc3cc([C@@H]4CCCCN4C(=O)c4ccccc4OC)nn3cc2C)C[C@@H]1O. The third-order valence-corrected chi connectivity index (χ3v) is 7.04. The molecule has 1 aromatic carbocycles. The molecule has 0 unspecified atom stereocenters. The summed E-state index contributed by atoms with van der Waals surface area (Å²) in [4.78, 5) is 26.6. The fourth-order valence-corrected chi connectivity index (χ4v) is 5.28. The Morgan fingerprint density at radius 1 is 1.26 bits per heavy atom. The van der Waals surface area contributed by atoms with E-state index in [1.807, 2.05) is 54.6 Å². The molecule has 0 spiro atoms. The number of aliphatic hydroxyl groups is 1. The van der Waals surface area contributed by atoms with E-state index in [9.17, 15) is 9.90 Å². The summed E-state index contributed by atoms with van der Waals surface area (Å²) in [7, 11) is 3.32. The number of carbonyl (C=O) groups is 1. The minimum absolute atomic E-state index is 0.00492. The van der Waals surface area contributed by atoms with Gasteiger partial charge in [0.25, 0.3) is 5.91 Å². The van der Waals surface area contributed by atoms with Crippen LogP contribution in [0.5, 0.6) is 5.75 Å². The lowest BCUT2D eigenvalue weighted by atomic mass is 9.98. The van der Waals surface area contributed by atoms with Crippen molar-refractivity contribution in [2.75, 3.05) is 38.7 Å². The van der Waals surface area contributed by atoms with Gasteiger partial charge in [0.1, 0.15) is 11.6 Å². The standard InChI is InChI=1S/C26H32N6O3/c1-17-14-32-24(28-25(17)30-15-18(13-27-2)22(33)16-30)12-20(29-32)21-9-6-7-11-31(21)26(34)19-8-4-5-10-23(19)35-3/h4-5,8,10,12-14,18,21-22,33H,6-7,9,11,15-16H2,1-3H3/t18-,21+,22+/m1/s1. The second-order valence-corrected chi connectivity index (χ2v) is 9.37. The van der Waals surface area contributed by atoms with Crippen LogP contribution in [0.25, 0.3) is 5.65 Å². The number of ether oxygens (including phenoxy) is 1. The number of aliphatic hydroxyl groups excluding tert-OH is 1. The molecule has 35 heavy (non-hydrogen) atoms. The van der Waals surface area contributed by atoms with Crippen LogP contribution in [0.2, 0.25) is 0 Å². The first-order chi connectivity index (χ1) is 17.0.